The van der Waals surface area contributed by atoms with Crippen molar-refractivity contribution in [3.05, 3.63) is 45.0 Å². The molecular formula is C17H23N3O3. The lowest BCUT2D eigenvalue weighted by atomic mass is 10.1. The van der Waals surface area contributed by atoms with Crippen molar-refractivity contribution in [2.24, 2.45) is 5.92 Å². The summed E-state index contributed by atoms with van der Waals surface area (Å²) >= 11 is 0. The van der Waals surface area contributed by atoms with E-state index in [1.807, 2.05) is 0 Å². The van der Waals surface area contributed by atoms with Crippen LogP contribution in [0.15, 0.2) is 33.9 Å². The molecule has 1 amide bonds. The van der Waals surface area contributed by atoms with E-state index in [-0.39, 0.29) is 30.0 Å². The van der Waals surface area contributed by atoms with Crippen molar-refractivity contribution in [3.63, 3.8) is 0 Å². The van der Waals surface area contributed by atoms with Crippen LogP contribution in [0.3, 0.4) is 0 Å². The molecule has 0 radical (unpaired) electrons. The molecule has 0 fully saturated rings. The zero-order valence-corrected chi connectivity index (χ0v) is 13.6. The normalized spacial score (nSPS) is 11.1. The third-order valence-corrected chi connectivity index (χ3v) is 3.73. The van der Waals surface area contributed by atoms with Crippen LogP contribution in [0, 0.1) is 5.92 Å². The van der Waals surface area contributed by atoms with Gasteiger partial charge in [-0.15, -0.1) is 0 Å². The molecule has 0 aliphatic heterocycles. The molecule has 6 heteroatoms. The van der Waals surface area contributed by atoms with E-state index in [2.05, 4.69) is 24.3 Å². The molecule has 124 valence electrons. The van der Waals surface area contributed by atoms with E-state index in [0.717, 1.165) is 12.8 Å². The van der Waals surface area contributed by atoms with Crippen LogP contribution in [0.2, 0.25) is 0 Å². The zero-order valence-electron chi connectivity index (χ0n) is 13.6. The fraction of sp³-hybridized carbons (Fsp3) is 0.471. The lowest BCUT2D eigenvalue weighted by Crippen LogP contribution is -2.32. The Bertz CT molecular complexity index is 790. The molecule has 0 unspecified atom stereocenters. The average molecular weight is 317 g/mol. The third-order valence-electron chi connectivity index (χ3n) is 3.73. The maximum absolute atomic E-state index is 12.3. The molecule has 6 nitrogen and oxygen atoms in total. The summed E-state index contributed by atoms with van der Waals surface area (Å²) in [6.07, 6.45) is 2.17. The van der Waals surface area contributed by atoms with Crippen molar-refractivity contribution >= 4 is 16.7 Å². The summed E-state index contributed by atoms with van der Waals surface area (Å²) in [6, 6.07) is 6.66. The number of nitrogens with one attached hydrogen (secondary N) is 2. The second-order valence-electron chi connectivity index (χ2n) is 6.08. The fourth-order valence-electron chi connectivity index (χ4n) is 2.44. The Morgan fingerprint density at radius 1 is 1.22 bits per heavy atom. The second-order valence-corrected chi connectivity index (χ2v) is 6.08. The van der Waals surface area contributed by atoms with Crippen LogP contribution in [0.4, 0.5) is 0 Å². The van der Waals surface area contributed by atoms with Crippen LogP contribution in [0.1, 0.15) is 33.1 Å². The highest BCUT2D eigenvalue weighted by Gasteiger charge is 2.08. The summed E-state index contributed by atoms with van der Waals surface area (Å²) in [5, 5.41) is 6.09. The quantitative estimate of drug-likeness (QED) is 0.761. The predicted octanol–water partition coefficient (Wildman–Crippen LogP) is 1.63. The third kappa shape index (κ3) is 4.55. The van der Waals surface area contributed by atoms with Gasteiger partial charge in [-0.05, 0) is 30.9 Å². The molecule has 0 spiro atoms. The minimum absolute atomic E-state index is 0.116. The molecule has 0 bridgehead atoms. The van der Waals surface area contributed by atoms with Crippen LogP contribution >= 0.6 is 0 Å². The number of H-pyrrole nitrogens is 1. The average Bonchev–Trinajstić information content (AvgIpc) is 2.53. The molecule has 0 atom stereocenters. The Balaban J connectivity index is 1.97. The number of hydrogen-bond acceptors (Lipinski definition) is 3. The monoisotopic (exact) mass is 317 g/mol. The van der Waals surface area contributed by atoms with Crippen LogP contribution in [-0.2, 0) is 11.3 Å². The SMILES string of the molecule is CC(C)CCCNC(=O)CCn1[nH]c(=O)c2ccccc2c1=O. The molecule has 2 rings (SSSR count). The molecule has 0 aliphatic rings. The van der Waals surface area contributed by atoms with Crippen molar-refractivity contribution in [2.45, 2.75) is 39.7 Å². The molecule has 23 heavy (non-hydrogen) atoms. The van der Waals surface area contributed by atoms with Gasteiger partial charge in [0.15, 0.2) is 0 Å². The van der Waals surface area contributed by atoms with Gasteiger partial charge in [-0.25, -0.2) is 4.68 Å². The highest BCUT2D eigenvalue weighted by Crippen LogP contribution is 2.03. The maximum atomic E-state index is 12.3. The van der Waals surface area contributed by atoms with Crippen molar-refractivity contribution in [3.8, 4) is 0 Å². The first-order valence-corrected chi connectivity index (χ1v) is 7.97. The number of nitrogens with zero attached hydrogens (tertiary/aromatic N) is 1. The highest BCUT2D eigenvalue weighted by atomic mass is 16.2. The fourth-order valence-corrected chi connectivity index (χ4v) is 2.44. The number of carbonyl (C=O) groups is 1. The van der Waals surface area contributed by atoms with Crippen molar-refractivity contribution < 1.29 is 4.79 Å². The van der Waals surface area contributed by atoms with Crippen LogP contribution in [-0.4, -0.2) is 22.2 Å². The number of rotatable bonds is 7. The maximum Gasteiger partial charge on any atom is 0.273 e. The Kier molecular flexibility index (Phi) is 5.73. The molecule has 1 aromatic heterocycles. The van der Waals surface area contributed by atoms with Gasteiger partial charge in [-0.3, -0.25) is 19.5 Å². The Labute approximate surface area is 134 Å². The van der Waals surface area contributed by atoms with E-state index in [0.29, 0.717) is 23.2 Å². The van der Waals surface area contributed by atoms with Crippen LogP contribution < -0.4 is 16.4 Å². The largest absolute Gasteiger partial charge is 0.356 e. The van der Waals surface area contributed by atoms with Crippen molar-refractivity contribution in [1.29, 1.82) is 0 Å². The molecule has 1 heterocycles. The summed E-state index contributed by atoms with van der Waals surface area (Å²) in [7, 11) is 0. The summed E-state index contributed by atoms with van der Waals surface area (Å²) in [4.78, 5) is 36.0. The summed E-state index contributed by atoms with van der Waals surface area (Å²) in [5.74, 6) is 0.503. The Hall–Kier alpha value is -2.37. The van der Waals surface area contributed by atoms with Crippen LogP contribution in [0.5, 0.6) is 0 Å². The number of fused-ring (bicyclic) bond motifs is 1. The molecule has 2 N–H and O–H groups in total. The number of aryl methyl sites for hydroxylation is 1. The molecule has 2 aromatic rings. The van der Waals surface area contributed by atoms with E-state index in [9.17, 15) is 14.4 Å². The summed E-state index contributed by atoms with van der Waals surface area (Å²) < 4.78 is 1.21. The van der Waals surface area contributed by atoms with Gasteiger partial charge in [0.05, 0.1) is 17.3 Å². The standard InChI is InChI=1S/C17H23N3O3/c1-12(2)6-5-10-18-15(21)9-11-20-17(23)14-8-4-3-7-13(14)16(22)19-20/h3-4,7-8,12H,5-6,9-11H2,1-2H3,(H,18,21)(H,19,22). The number of aromatic nitrogens is 2. The molecular weight excluding hydrogens is 294 g/mol. The minimum atomic E-state index is -0.322. The first-order chi connectivity index (χ1) is 11.0. The van der Waals surface area contributed by atoms with Gasteiger partial charge in [0.25, 0.3) is 11.1 Å². The van der Waals surface area contributed by atoms with Gasteiger partial charge in [0, 0.05) is 13.0 Å². The molecule has 0 saturated carbocycles. The van der Waals surface area contributed by atoms with Crippen molar-refractivity contribution in [1.82, 2.24) is 15.1 Å². The van der Waals surface area contributed by atoms with E-state index in [4.69, 9.17) is 0 Å². The number of amides is 1. The van der Waals surface area contributed by atoms with Crippen LogP contribution in [0.25, 0.3) is 10.8 Å². The highest BCUT2D eigenvalue weighted by molar-refractivity contribution is 5.80. The lowest BCUT2D eigenvalue weighted by molar-refractivity contribution is -0.121. The zero-order chi connectivity index (χ0) is 16.8. The van der Waals surface area contributed by atoms with Gasteiger partial charge >= 0.3 is 0 Å². The van der Waals surface area contributed by atoms with Gasteiger partial charge in [0.1, 0.15) is 0 Å². The molecule has 0 aliphatic carbocycles. The van der Waals surface area contributed by atoms with E-state index in [1.54, 1.807) is 24.3 Å². The predicted molar refractivity (Wildman–Crippen MR) is 90.5 cm³/mol. The number of aromatic amines is 1. The van der Waals surface area contributed by atoms with E-state index >= 15 is 0 Å². The second kappa shape index (κ2) is 7.76. The van der Waals surface area contributed by atoms with E-state index < -0.39 is 0 Å². The summed E-state index contributed by atoms with van der Waals surface area (Å²) in [6.45, 7) is 5.09. The van der Waals surface area contributed by atoms with Gasteiger partial charge < -0.3 is 5.32 Å². The topological polar surface area (TPSA) is 84.0 Å². The summed E-state index contributed by atoms with van der Waals surface area (Å²) in [5.41, 5.74) is -0.606. The lowest BCUT2D eigenvalue weighted by Gasteiger charge is -2.09. The number of carbonyl (C=O) groups excluding carboxylic acids is 1. The van der Waals surface area contributed by atoms with Gasteiger partial charge in [0.2, 0.25) is 5.91 Å². The first kappa shape index (κ1) is 17.0. The van der Waals surface area contributed by atoms with Crippen molar-refractivity contribution in [2.75, 3.05) is 6.54 Å². The molecule has 1 aromatic carbocycles. The molecule has 0 saturated heterocycles. The Morgan fingerprint density at radius 2 is 1.91 bits per heavy atom. The van der Waals surface area contributed by atoms with Gasteiger partial charge in [-0.1, -0.05) is 26.0 Å². The van der Waals surface area contributed by atoms with Gasteiger partial charge in [-0.2, -0.15) is 0 Å². The van der Waals surface area contributed by atoms with E-state index in [1.165, 1.54) is 4.68 Å². The first-order valence-electron chi connectivity index (χ1n) is 7.97. The smallest absolute Gasteiger partial charge is 0.273 e. The number of hydrogen-bond donors (Lipinski definition) is 2. The minimum Gasteiger partial charge on any atom is -0.356 e. The number of benzene rings is 1. The Morgan fingerprint density at radius 3 is 2.61 bits per heavy atom.